The van der Waals surface area contributed by atoms with Gasteiger partial charge in [0.2, 0.25) is 0 Å². The van der Waals surface area contributed by atoms with Crippen LogP contribution in [0.15, 0.2) is 16.5 Å². The predicted octanol–water partition coefficient (Wildman–Crippen LogP) is 2.12. The zero-order chi connectivity index (χ0) is 8.77. The molecule has 3 heteroatoms. The van der Waals surface area contributed by atoms with Crippen LogP contribution in [0.2, 0.25) is 0 Å². The van der Waals surface area contributed by atoms with E-state index in [-0.39, 0.29) is 5.54 Å². The van der Waals surface area contributed by atoms with Crippen molar-refractivity contribution in [2.75, 3.05) is 0 Å². The molecule has 1 saturated carbocycles. The molecule has 0 amide bonds. The van der Waals surface area contributed by atoms with Gasteiger partial charge in [0.15, 0.2) is 5.17 Å². The maximum Gasteiger partial charge on any atom is 0.159 e. The van der Waals surface area contributed by atoms with E-state index in [4.69, 9.17) is 5.73 Å². The van der Waals surface area contributed by atoms with E-state index < -0.39 is 0 Å². The first kappa shape index (κ1) is 8.17. The van der Waals surface area contributed by atoms with Crippen LogP contribution in [-0.2, 0) is 0 Å². The second-order valence-electron chi connectivity index (χ2n) is 3.82. The van der Waals surface area contributed by atoms with E-state index in [0.717, 1.165) is 6.42 Å². The Balaban J connectivity index is 2.38. The lowest BCUT2D eigenvalue weighted by Gasteiger charge is -2.32. The molecule has 0 bridgehead atoms. The maximum atomic E-state index is 5.72. The Morgan fingerprint density at radius 3 is 3.25 bits per heavy atom. The summed E-state index contributed by atoms with van der Waals surface area (Å²) in [6.45, 7) is 6.25. The molecule has 1 aliphatic heterocycles. The number of amidine groups is 1. The van der Waals surface area contributed by atoms with Gasteiger partial charge in [-0.2, -0.15) is 0 Å². The number of thioether (sulfide) groups is 1. The standard InChI is InChI=1S/C9H14N2S/c1-6-7-4-3-5-9(7,2)11-8(10)12-6/h7H,1,3-5H2,2H3,(H2,10,11). The van der Waals surface area contributed by atoms with Gasteiger partial charge in [0.25, 0.3) is 0 Å². The number of aliphatic imine (C=N–C) groups is 1. The van der Waals surface area contributed by atoms with E-state index in [1.165, 1.54) is 17.7 Å². The minimum absolute atomic E-state index is 0.0758. The fraction of sp³-hybridized carbons (Fsp3) is 0.667. The zero-order valence-electron chi connectivity index (χ0n) is 7.34. The molecule has 2 nitrogen and oxygen atoms in total. The van der Waals surface area contributed by atoms with Gasteiger partial charge in [-0.3, -0.25) is 4.99 Å². The minimum atomic E-state index is 0.0758. The van der Waals surface area contributed by atoms with Gasteiger partial charge in [-0.25, -0.2) is 0 Å². The summed E-state index contributed by atoms with van der Waals surface area (Å²) in [5.41, 5.74) is 5.79. The molecule has 2 unspecified atom stereocenters. The number of rotatable bonds is 0. The number of nitrogens with two attached hydrogens (primary N) is 1. The van der Waals surface area contributed by atoms with Gasteiger partial charge in [-0.05, 0) is 24.7 Å². The molecule has 0 aromatic carbocycles. The second kappa shape index (κ2) is 2.52. The van der Waals surface area contributed by atoms with Crippen LogP contribution < -0.4 is 5.73 Å². The first-order chi connectivity index (χ1) is 5.62. The number of hydrogen-bond donors (Lipinski definition) is 1. The van der Waals surface area contributed by atoms with Crippen LogP contribution in [0.25, 0.3) is 0 Å². The van der Waals surface area contributed by atoms with E-state index in [0.29, 0.717) is 11.1 Å². The van der Waals surface area contributed by atoms with Crippen molar-refractivity contribution in [3.05, 3.63) is 11.5 Å². The molecule has 2 atom stereocenters. The first-order valence-corrected chi connectivity index (χ1v) is 5.15. The first-order valence-electron chi connectivity index (χ1n) is 4.34. The van der Waals surface area contributed by atoms with E-state index in [1.54, 1.807) is 11.8 Å². The van der Waals surface area contributed by atoms with E-state index in [1.807, 2.05) is 0 Å². The SMILES string of the molecule is C=C1SC(N)=NC2(C)CCCC12. The van der Waals surface area contributed by atoms with E-state index in [2.05, 4.69) is 18.5 Å². The van der Waals surface area contributed by atoms with Crippen molar-refractivity contribution >= 4 is 16.9 Å². The van der Waals surface area contributed by atoms with Crippen molar-refractivity contribution in [1.82, 2.24) is 0 Å². The lowest BCUT2D eigenvalue weighted by Crippen LogP contribution is -2.34. The topological polar surface area (TPSA) is 38.4 Å². The Morgan fingerprint density at radius 1 is 1.75 bits per heavy atom. The molecular weight excluding hydrogens is 168 g/mol. The zero-order valence-corrected chi connectivity index (χ0v) is 8.16. The third kappa shape index (κ3) is 1.07. The summed E-state index contributed by atoms with van der Waals surface area (Å²) in [5, 5.41) is 0.695. The van der Waals surface area contributed by atoms with Crippen molar-refractivity contribution in [2.24, 2.45) is 16.6 Å². The lowest BCUT2D eigenvalue weighted by molar-refractivity contribution is 0.404. The molecule has 12 heavy (non-hydrogen) atoms. The molecule has 1 heterocycles. The van der Waals surface area contributed by atoms with Crippen molar-refractivity contribution in [2.45, 2.75) is 31.7 Å². The maximum absolute atomic E-state index is 5.72. The highest BCUT2D eigenvalue weighted by atomic mass is 32.2. The monoisotopic (exact) mass is 182 g/mol. The summed E-state index contributed by atoms with van der Waals surface area (Å²) >= 11 is 1.55. The quantitative estimate of drug-likeness (QED) is 0.623. The van der Waals surface area contributed by atoms with Gasteiger partial charge in [-0.15, -0.1) is 0 Å². The van der Waals surface area contributed by atoms with Gasteiger partial charge in [0.05, 0.1) is 5.54 Å². The van der Waals surface area contributed by atoms with Gasteiger partial charge < -0.3 is 5.73 Å². The van der Waals surface area contributed by atoms with Crippen molar-refractivity contribution in [1.29, 1.82) is 0 Å². The summed E-state index contributed by atoms with van der Waals surface area (Å²) in [4.78, 5) is 5.73. The van der Waals surface area contributed by atoms with Crippen molar-refractivity contribution < 1.29 is 0 Å². The molecule has 1 aliphatic carbocycles. The third-order valence-corrected chi connectivity index (χ3v) is 3.76. The van der Waals surface area contributed by atoms with Crippen LogP contribution in [0, 0.1) is 5.92 Å². The Kier molecular flexibility index (Phi) is 1.72. The highest BCUT2D eigenvalue weighted by Crippen LogP contribution is 2.48. The molecule has 0 aromatic rings. The summed E-state index contributed by atoms with van der Waals surface area (Å²) < 4.78 is 0. The van der Waals surface area contributed by atoms with Gasteiger partial charge >= 0.3 is 0 Å². The van der Waals surface area contributed by atoms with Crippen LogP contribution in [0.5, 0.6) is 0 Å². The Labute approximate surface area is 77.3 Å². The molecule has 0 aromatic heterocycles. The average Bonchev–Trinajstić information content (AvgIpc) is 2.29. The van der Waals surface area contributed by atoms with E-state index in [9.17, 15) is 0 Å². The summed E-state index contributed by atoms with van der Waals surface area (Å²) in [6, 6.07) is 0. The largest absolute Gasteiger partial charge is 0.378 e. The fourth-order valence-corrected chi connectivity index (χ4v) is 3.31. The second-order valence-corrected chi connectivity index (χ2v) is 4.97. The molecule has 66 valence electrons. The normalized spacial score (nSPS) is 40.9. The molecule has 2 rings (SSSR count). The van der Waals surface area contributed by atoms with Crippen LogP contribution >= 0.6 is 11.8 Å². The summed E-state index contributed by atoms with van der Waals surface area (Å²) in [6.07, 6.45) is 3.66. The van der Waals surface area contributed by atoms with Gasteiger partial charge in [0, 0.05) is 5.92 Å². The van der Waals surface area contributed by atoms with Crippen LogP contribution in [0.1, 0.15) is 26.2 Å². The summed E-state index contributed by atoms with van der Waals surface area (Å²) in [5.74, 6) is 0.565. The fourth-order valence-electron chi connectivity index (χ4n) is 2.27. The third-order valence-electron chi connectivity index (χ3n) is 2.92. The van der Waals surface area contributed by atoms with Crippen molar-refractivity contribution in [3.8, 4) is 0 Å². The predicted molar refractivity (Wildman–Crippen MR) is 54.1 cm³/mol. The van der Waals surface area contributed by atoms with Gasteiger partial charge in [0.1, 0.15) is 0 Å². The highest BCUT2D eigenvalue weighted by molar-refractivity contribution is 8.17. The number of fused-ring (bicyclic) bond motifs is 1. The van der Waals surface area contributed by atoms with Crippen molar-refractivity contribution in [3.63, 3.8) is 0 Å². The molecular formula is C9H14N2S. The highest BCUT2D eigenvalue weighted by Gasteiger charge is 2.43. The lowest BCUT2D eigenvalue weighted by atomic mass is 9.89. The van der Waals surface area contributed by atoms with Gasteiger partial charge in [-0.1, -0.05) is 24.8 Å². The van der Waals surface area contributed by atoms with Crippen LogP contribution in [-0.4, -0.2) is 10.7 Å². The number of hydrogen-bond acceptors (Lipinski definition) is 3. The molecule has 1 fully saturated rings. The minimum Gasteiger partial charge on any atom is -0.378 e. The molecule has 0 saturated heterocycles. The molecule has 0 radical (unpaired) electrons. The number of nitrogens with zero attached hydrogens (tertiary/aromatic N) is 1. The van der Waals surface area contributed by atoms with E-state index >= 15 is 0 Å². The Hall–Kier alpha value is -0.440. The summed E-state index contributed by atoms with van der Waals surface area (Å²) in [7, 11) is 0. The Bertz CT molecular complexity index is 259. The van der Waals surface area contributed by atoms with Crippen LogP contribution in [0.4, 0.5) is 0 Å². The molecule has 2 N–H and O–H groups in total. The van der Waals surface area contributed by atoms with Crippen LogP contribution in [0.3, 0.4) is 0 Å². The smallest absolute Gasteiger partial charge is 0.159 e. The Morgan fingerprint density at radius 2 is 2.50 bits per heavy atom. The molecule has 0 spiro atoms. The molecule has 2 aliphatic rings. The average molecular weight is 182 g/mol.